The van der Waals surface area contributed by atoms with E-state index in [-0.39, 0.29) is 0 Å². The summed E-state index contributed by atoms with van der Waals surface area (Å²) < 4.78 is 0. The summed E-state index contributed by atoms with van der Waals surface area (Å²) in [7, 11) is 0. The maximum absolute atomic E-state index is 3.63. The third kappa shape index (κ3) is 2.43. The van der Waals surface area contributed by atoms with Crippen molar-refractivity contribution < 1.29 is 0 Å². The fraction of sp³-hybridized carbons (Fsp3) is 0.692. The van der Waals surface area contributed by atoms with Crippen LogP contribution in [-0.4, -0.2) is 6.54 Å². The maximum atomic E-state index is 3.63. The molecule has 0 bridgehead atoms. The standard InChI is InChI=1S/C13H21NS/c1-3-8-14-11(4-2)13-9-10-6-5-7-12(10)15-13/h9,11,14H,3-8H2,1-2H3. The van der Waals surface area contributed by atoms with Crippen LogP contribution in [0.15, 0.2) is 6.07 Å². The average Bonchev–Trinajstić information content (AvgIpc) is 2.79. The summed E-state index contributed by atoms with van der Waals surface area (Å²) in [5, 5.41) is 3.63. The number of aryl methyl sites for hydroxylation is 2. The van der Waals surface area contributed by atoms with Crippen LogP contribution in [0.1, 0.15) is 54.5 Å². The summed E-state index contributed by atoms with van der Waals surface area (Å²) in [5.74, 6) is 0. The Morgan fingerprint density at radius 3 is 2.93 bits per heavy atom. The van der Waals surface area contributed by atoms with Gasteiger partial charge in [-0.15, -0.1) is 11.3 Å². The molecule has 0 spiro atoms. The molecule has 84 valence electrons. The highest BCUT2D eigenvalue weighted by atomic mass is 32.1. The second kappa shape index (κ2) is 5.13. The second-order valence-electron chi connectivity index (χ2n) is 4.37. The van der Waals surface area contributed by atoms with Gasteiger partial charge in [0.05, 0.1) is 0 Å². The zero-order valence-corrected chi connectivity index (χ0v) is 10.6. The van der Waals surface area contributed by atoms with Gasteiger partial charge in [0.1, 0.15) is 0 Å². The van der Waals surface area contributed by atoms with Crippen molar-refractivity contribution >= 4 is 11.3 Å². The molecule has 1 aliphatic carbocycles. The summed E-state index contributed by atoms with van der Waals surface area (Å²) in [6.45, 7) is 5.65. The van der Waals surface area contributed by atoms with Crippen LogP contribution >= 0.6 is 11.3 Å². The van der Waals surface area contributed by atoms with E-state index in [4.69, 9.17) is 0 Å². The van der Waals surface area contributed by atoms with Crippen molar-refractivity contribution in [3.63, 3.8) is 0 Å². The molecule has 0 radical (unpaired) electrons. The fourth-order valence-electron chi connectivity index (χ4n) is 2.29. The van der Waals surface area contributed by atoms with Crippen LogP contribution in [0.3, 0.4) is 0 Å². The van der Waals surface area contributed by atoms with E-state index < -0.39 is 0 Å². The van der Waals surface area contributed by atoms with Gasteiger partial charge in [-0.1, -0.05) is 13.8 Å². The molecule has 0 saturated heterocycles. The Kier molecular flexibility index (Phi) is 3.81. The van der Waals surface area contributed by atoms with E-state index in [1.807, 2.05) is 11.3 Å². The molecule has 1 aliphatic rings. The Hall–Kier alpha value is -0.340. The highest BCUT2D eigenvalue weighted by molar-refractivity contribution is 7.12. The molecule has 2 rings (SSSR count). The van der Waals surface area contributed by atoms with Crippen molar-refractivity contribution in [2.45, 2.75) is 52.0 Å². The van der Waals surface area contributed by atoms with Gasteiger partial charge in [-0.05, 0) is 50.3 Å². The lowest BCUT2D eigenvalue weighted by Gasteiger charge is -2.14. The molecule has 1 heterocycles. The van der Waals surface area contributed by atoms with Gasteiger partial charge in [0.2, 0.25) is 0 Å². The van der Waals surface area contributed by atoms with Crippen molar-refractivity contribution in [1.82, 2.24) is 5.32 Å². The predicted molar refractivity (Wildman–Crippen MR) is 67.7 cm³/mol. The van der Waals surface area contributed by atoms with E-state index in [1.54, 1.807) is 15.3 Å². The summed E-state index contributed by atoms with van der Waals surface area (Å²) in [5.41, 5.74) is 1.63. The molecule has 2 heteroatoms. The van der Waals surface area contributed by atoms with Gasteiger partial charge in [0.15, 0.2) is 0 Å². The van der Waals surface area contributed by atoms with Crippen LogP contribution in [-0.2, 0) is 12.8 Å². The zero-order valence-electron chi connectivity index (χ0n) is 9.81. The highest BCUT2D eigenvalue weighted by Gasteiger charge is 2.18. The quantitative estimate of drug-likeness (QED) is 0.803. The third-order valence-corrected chi connectivity index (χ3v) is 4.51. The molecule has 0 aliphatic heterocycles. The summed E-state index contributed by atoms with van der Waals surface area (Å²) >= 11 is 2.04. The van der Waals surface area contributed by atoms with Gasteiger partial charge in [-0.3, -0.25) is 0 Å². The normalized spacial score (nSPS) is 16.7. The number of nitrogens with one attached hydrogen (secondary N) is 1. The van der Waals surface area contributed by atoms with Crippen molar-refractivity contribution in [2.75, 3.05) is 6.54 Å². The minimum Gasteiger partial charge on any atom is -0.309 e. The largest absolute Gasteiger partial charge is 0.309 e. The Morgan fingerprint density at radius 2 is 2.27 bits per heavy atom. The molecule has 0 saturated carbocycles. The molecule has 1 N–H and O–H groups in total. The van der Waals surface area contributed by atoms with E-state index in [0.717, 1.165) is 6.54 Å². The Labute approximate surface area is 96.9 Å². The highest BCUT2D eigenvalue weighted by Crippen LogP contribution is 2.34. The Morgan fingerprint density at radius 1 is 1.40 bits per heavy atom. The van der Waals surface area contributed by atoms with Crippen LogP contribution in [0.25, 0.3) is 0 Å². The molecule has 0 fully saturated rings. The number of hydrogen-bond donors (Lipinski definition) is 1. The van der Waals surface area contributed by atoms with Crippen LogP contribution in [0, 0.1) is 0 Å². The van der Waals surface area contributed by atoms with Crippen molar-refractivity contribution in [3.05, 3.63) is 21.4 Å². The van der Waals surface area contributed by atoms with Crippen LogP contribution in [0.4, 0.5) is 0 Å². The van der Waals surface area contributed by atoms with Gasteiger partial charge in [-0.25, -0.2) is 0 Å². The molecule has 1 aromatic heterocycles. The predicted octanol–water partition coefficient (Wildman–Crippen LogP) is 3.69. The number of hydrogen-bond acceptors (Lipinski definition) is 2. The maximum Gasteiger partial charge on any atom is 0.0412 e. The van der Waals surface area contributed by atoms with E-state index in [0.29, 0.717) is 6.04 Å². The SMILES string of the molecule is CCCNC(CC)c1cc2c(s1)CCC2. The molecule has 1 unspecified atom stereocenters. The van der Waals surface area contributed by atoms with E-state index >= 15 is 0 Å². The lowest BCUT2D eigenvalue weighted by molar-refractivity contribution is 0.525. The van der Waals surface area contributed by atoms with Gasteiger partial charge in [-0.2, -0.15) is 0 Å². The Bertz CT molecular complexity index is 295. The monoisotopic (exact) mass is 223 g/mol. The first-order valence-corrected chi connectivity index (χ1v) is 7.01. The molecular formula is C13H21NS. The molecule has 1 aromatic rings. The van der Waals surface area contributed by atoms with Crippen molar-refractivity contribution in [1.29, 1.82) is 0 Å². The molecule has 0 aromatic carbocycles. The van der Waals surface area contributed by atoms with Gasteiger partial charge >= 0.3 is 0 Å². The first-order chi connectivity index (χ1) is 7.35. The summed E-state index contributed by atoms with van der Waals surface area (Å²) in [6, 6.07) is 3.05. The molecule has 1 atom stereocenters. The molecule has 1 nitrogen and oxygen atoms in total. The van der Waals surface area contributed by atoms with Gasteiger partial charge < -0.3 is 5.32 Å². The minimum absolute atomic E-state index is 0.598. The van der Waals surface area contributed by atoms with Gasteiger partial charge in [0, 0.05) is 15.8 Å². The Balaban J connectivity index is 2.06. The topological polar surface area (TPSA) is 12.0 Å². The summed E-state index contributed by atoms with van der Waals surface area (Å²) in [6.07, 6.45) is 6.45. The molecular weight excluding hydrogens is 202 g/mol. The van der Waals surface area contributed by atoms with E-state index in [9.17, 15) is 0 Å². The van der Waals surface area contributed by atoms with E-state index in [2.05, 4.69) is 25.2 Å². The van der Waals surface area contributed by atoms with Crippen LogP contribution < -0.4 is 5.32 Å². The number of thiophene rings is 1. The minimum atomic E-state index is 0.598. The first kappa shape index (κ1) is 11.2. The zero-order chi connectivity index (χ0) is 10.7. The third-order valence-electron chi connectivity index (χ3n) is 3.16. The lowest BCUT2D eigenvalue weighted by atomic mass is 10.1. The van der Waals surface area contributed by atoms with Gasteiger partial charge in [0.25, 0.3) is 0 Å². The van der Waals surface area contributed by atoms with Crippen LogP contribution in [0.2, 0.25) is 0 Å². The van der Waals surface area contributed by atoms with Crippen molar-refractivity contribution in [3.8, 4) is 0 Å². The number of fused-ring (bicyclic) bond motifs is 1. The summed E-state index contributed by atoms with van der Waals surface area (Å²) in [4.78, 5) is 3.22. The average molecular weight is 223 g/mol. The molecule has 15 heavy (non-hydrogen) atoms. The lowest BCUT2D eigenvalue weighted by Crippen LogP contribution is -2.20. The smallest absolute Gasteiger partial charge is 0.0412 e. The van der Waals surface area contributed by atoms with Crippen LogP contribution in [0.5, 0.6) is 0 Å². The first-order valence-electron chi connectivity index (χ1n) is 6.20. The van der Waals surface area contributed by atoms with Crippen molar-refractivity contribution in [2.24, 2.45) is 0 Å². The number of rotatable bonds is 5. The fourth-order valence-corrected chi connectivity index (χ4v) is 3.70. The van der Waals surface area contributed by atoms with E-state index in [1.165, 1.54) is 32.1 Å². The molecule has 0 amide bonds. The second-order valence-corrected chi connectivity index (χ2v) is 5.53.